The molecule has 0 amide bonds. The van der Waals surface area contributed by atoms with Gasteiger partial charge in [0.1, 0.15) is 0 Å². The Labute approximate surface area is 102 Å². The number of hydrogen-bond acceptors (Lipinski definition) is 3. The van der Waals surface area contributed by atoms with E-state index in [9.17, 15) is 5.11 Å². The fourth-order valence-corrected chi connectivity index (χ4v) is 3.01. The first-order chi connectivity index (χ1) is 8.33. The molecule has 1 aromatic rings. The average molecular weight is 233 g/mol. The number of aliphatic hydroxyl groups is 1. The third-order valence-electron chi connectivity index (χ3n) is 3.85. The maximum absolute atomic E-state index is 9.82. The summed E-state index contributed by atoms with van der Waals surface area (Å²) >= 11 is 0. The van der Waals surface area contributed by atoms with Crippen LogP contribution in [-0.2, 0) is 11.3 Å². The lowest BCUT2D eigenvalue weighted by atomic mass is 9.91. The van der Waals surface area contributed by atoms with Gasteiger partial charge in [0, 0.05) is 18.6 Å². The van der Waals surface area contributed by atoms with Crippen molar-refractivity contribution in [2.75, 3.05) is 13.2 Å². The SMILES string of the molecule is OC1CC2COCC(C1)N2Cc1ccccc1. The summed E-state index contributed by atoms with van der Waals surface area (Å²) in [6.45, 7) is 2.51. The van der Waals surface area contributed by atoms with Crippen molar-refractivity contribution in [3.8, 4) is 0 Å². The van der Waals surface area contributed by atoms with Gasteiger partial charge < -0.3 is 9.84 Å². The Morgan fingerprint density at radius 3 is 2.41 bits per heavy atom. The van der Waals surface area contributed by atoms with Crippen molar-refractivity contribution >= 4 is 0 Å². The highest BCUT2D eigenvalue weighted by molar-refractivity contribution is 5.15. The van der Waals surface area contributed by atoms with Crippen molar-refractivity contribution in [3.05, 3.63) is 35.9 Å². The van der Waals surface area contributed by atoms with Gasteiger partial charge in [0.15, 0.2) is 0 Å². The molecule has 92 valence electrons. The van der Waals surface area contributed by atoms with E-state index in [4.69, 9.17) is 4.74 Å². The van der Waals surface area contributed by atoms with Crippen molar-refractivity contribution in [1.82, 2.24) is 4.90 Å². The molecule has 2 aliphatic rings. The number of hydrogen-bond donors (Lipinski definition) is 1. The van der Waals surface area contributed by atoms with Crippen LogP contribution in [0.4, 0.5) is 0 Å². The summed E-state index contributed by atoms with van der Waals surface area (Å²) in [7, 11) is 0. The zero-order chi connectivity index (χ0) is 11.7. The van der Waals surface area contributed by atoms with Gasteiger partial charge in [-0.25, -0.2) is 0 Å². The summed E-state index contributed by atoms with van der Waals surface area (Å²) in [4.78, 5) is 2.51. The quantitative estimate of drug-likeness (QED) is 0.838. The van der Waals surface area contributed by atoms with Crippen LogP contribution in [-0.4, -0.2) is 41.4 Å². The van der Waals surface area contributed by atoms with E-state index in [0.717, 1.165) is 32.6 Å². The number of nitrogens with zero attached hydrogens (tertiary/aromatic N) is 1. The summed E-state index contributed by atoms with van der Waals surface area (Å²) in [5, 5.41) is 9.82. The lowest BCUT2D eigenvalue weighted by molar-refractivity contribution is -0.108. The lowest BCUT2D eigenvalue weighted by Gasteiger charge is -2.47. The number of ether oxygens (including phenoxy) is 1. The van der Waals surface area contributed by atoms with Crippen LogP contribution in [0.5, 0.6) is 0 Å². The van der Waals surface area contributed by atoms with Crippen molar-refractivity contribution < 1.29 is 9.84 Å². The maximum Gasteiger partial charge on any atom is 0.0623 e. The zero-order valence-corrected chi connectivity index (χ0v) is 9.96. The van der Waals surface area contributed by atoms with Gasteiger partial charge in [-0.3, -0.25) is 4.90 Å². The highest BCUT2D eigenvalue weighted by Gasteiger charge is 2.38. The highest BCUT2D eigenvalue weighted by Crippen LogP contribution is 2.29. The van der Waals surface area contributed by atoms with Gasteiger partial charge in [-0.05, 0) is 18.4 Å². The van der Waals surface area contributed by atoms with Crippen molar-refractivity contribution in [2.45, 2.75) is 37.6 Å². The van der Waals surface area contributed by atoms with Gasteiger partial charge in [-0.1, -0.05) is 30.3 Å². The second-order valence-corrected chi connectivity index (χ2v) is 5.13. The number of morpholine rings is 1. The molecule has 2 unspecified atom stereocenters. The van der Waals surface area contributed by atoms with Crippen LogP contribution in [0.25, 0.3) is 0 Å². The zero-order valence-electron chi connectivity index (χ0n) is 9.96. The first-order valence-corrected chi connectivity index (χ1v) is 6.38. The standard InChI is InChI=1S/C14H19NO2/c16-14-6-12-9-17-10-13(7-14)15(12)8-11-4-2-1-3-5-11/h1-5,12-14,16H,6-10H2. The van der Waals surface area contributed by atoms with Gasteiger partial charge in [0.25, 0.3) is 0 Å². The van der Waals surface area contributed by atoms with Gasteiger partial charge >= 0.3 is 0 Å². The van der Waals surface area contributed by atoms with Crippen LogP contribution in [0.1, 0.15) is 18.4 Å². The summed E-state index contributed by atoms with van der Waals surface area (Å²) in [6.07, 6.45) is 1.56. The summed E-state index contributed by atoms with van der Waals surface area (Å²) < 4.78 is 5.60. The van der Waals surface area contributed by atoms with Gasteiger partial charge in [0.05, 0.1) is 19.3 Å². The highest BCUT2D eigenvalue weighted by atomic mass is 16.5. The molecule has 3 rings (SSSR count). The summed E-state index contributed by atoms with van der Waals surface area (Å²) in [5.41, 5.74) is 1.35. The van der Waals surface area contributed by atoms with Gasteiger partial charge in [0.2, 0.25) is 0 Å². The van der Waals surface area contributed by atoms with Crippen LogP contribution in [0.3, 0.4) is 0 Å². The molecule has 17 heavy (non-hydrogen) atoms. The smallest absolute Gasteiger partial charge is 0.0623 e. The molecule has 2 saturated heterocycles. The minimum absolute atomic E-state index is 0.138. The van der Waals surface area contributed by atoms with E-state index in [2.05, 4.69) is 29.2 Å². The summed E-state index contributed by atoms with van der Waals surface area (Å²) in [6, 6.07) is 11.3. The molecule has 2 bridgehead atoms. The minimum atomic E-state index is -0.138. The molecular weight excluding hydrogens is 214 g/mol. The van der Waals surface area contributed by atoms with E-state index in [-0.39, 0.29) is 6.10 Å². The largest absolute Gasteiger partial charge is 0.393 e. The Kier molecular flexibility index (Phi) is 3.14. The Bertz CT molecular complexity index is 354. The third kappa shape index (κ3) is 2.37. The molecule has 3 nitrogen and oxygen atoms in total. The van der Waals surface area contributed by atoms with Crippen LogP contribution >= 0.6 is 0 Å². The molecule has 2 atom stereocenters. The van der Waals surface area contributed by atoms with Crippen molar-refractivity contribution in [2.24, 2.45) is 0 Å². The van der Waals surface area contributed by atoms with Crippen LogP contribution in [0.2, 0.25) is 0 Å². The molecule has 0 radical (unpaired) electrons. The Balaban J connectivity index is 1.74. The fourth-order valence-electron chi connectivity index (χ4n) is 3.01. The van der Waals surface area contributed by atoms with Crippen molar-refractivity contribution in [3.63, 3.8) is 0 Å². The van der Waals surface area contributed by atoms with E-state index in [1.807, 2.05) is 6.07 Å². The molecule has 3 heteroatoms. The molecule has 0 spiro atoms. The molecule has 1 N–H and O–H groups in total. The first kappa shape index (κ1) is 11.2. The second kappa shape index (κ2) is 4.77. The topological polar surface area (TPSA) is 32.7 Å². The minimum Gasteiger partial charge on any atom is -0.393 e. The van der Waals surface area contributed by atoms with Crippen LogP contribution in [0, 0.1) is 0 Å². The van der Waals surface area contributed by atoms with E-state index < -0.39 is 0 Å². The molecule has 2 fully saturated rings. The second-order valence-electron chi connectivity index (χ2n) is 5.13. The predicted molar refractivity (Wildman–Crippen MR) is 65.6 cm³/mol. The van der Waals surface area contributed by atoms with E-state index in [1.54, 1.807) is 0 Å². The lowest BCUT2D eigenvalue weighted by Crippen LogP contribution is -2.57. The van der Waals surface area contributed by atoms with Gasteiger partial charge in [-0.2, -0.15) is 0 Å². The summed E-state index contributed by atoms with van der Waals surface area (Å²) in [5.74, 6) is 0. The number of aliphatic hydroxyl groups excluding tert-OH is 1. The molecule has 0 aliphatic carbocycles. The number of rotatable bonds is 2. The molecule has 0 saturated carbocycles. The van der Waals surface area contributed by atoms with E-state index >= 15 is 0 Å². The molecule has 0 aromatic heterocycles. The number of fused-ring (bicyclic) bond motifs is 2. The molecule has 2 heterocycles. The van der Waals surface area contributed by atoms with E-state index in [1.165, 1.54) is 5.56 Å². The molecule has 2 aliphatic heterocycles. The Hall–Kier alpha value is -0.900. The fraction of sp³-hybridized carbons (Fsp3) is 0.571. The number of piperidine rings is 1. The Morgan fingerprint density at radius 2 is 1.76 bits per heavy atom. The Morgan fingerprint density at radius 1 is 1.12 bits per heavy atom. The van der Waals surface area contributed by atoms with E-state index in [0.29, 0.717) is 12.1 Å². The number of benzene rings is 1. The predicted octanol–water partition coefficient (Wildman–Crippen LogP) is 1.41. The first-order valence-electron chi connectivity index (χ1n) is 6.38. The van der Waals surface area contributed by atoms with Crippen LogP contribution in [0.15, 0.2) is 30.3 Å². The third-order valence-corrected chi connectivity index (χ3v) is 3.85. The molecular formula is C14H19NO2. The van der Waals surface area contributed by atoms with Gasteiger partial charge in [-0.15, -0.1) is 0 Å². The average Bonchev–Trinajstić information content (AvgIpc) is 2.32. The normalized spacial score (nSPS) is 33.6. The molecule has 1 aromatic carbocycles. The maximum atomic E-state index is 9.82. The van der Waals surface area contributed by atoms with Crippen LogP contribution < -0.4 is 0 Å². The monoisotopic (exact) mass is 233 g/mol. The van der Waals surface area contributed by atoms with Crippen molar-refractivity contribution in [1.29, 1.82) is 0 Å².